The van der Waals surface area contributed by atoms with Gasteiger partial charge < -0.3 is 15.4 Å². The lowest BCUT2D eigenvalue weighted by Crippen LogP contribution is -2.23. The third-order valence-corrected chi connectivity index (χ3v) is 7.09. The fraction of sp³-hybridized carbons (Fsp3) is 0.238. The van der Waals surface area contributed by atoms with E-state index in [4.69, 9.17) is 4.74 Å². The molecule has 0 spiro atoms. The first-order valence-corrected chi connectivity index (χ1v) is 12.2. The summed E-state index contributed by atoms with van der Waals surface area (Å²) in [6, 6.07) is 13.1. The maximum Gasteiger partial charge on any atom is 0.300 e. The Morgan fingerprint density at radius 1 is 1.06 bits per heavy atom. The van der Waals surface area contributed by atoms with E-state index < -0.39 is 9.84 Å². The van der Waals surface area contributed by atoms with Crippen LogP contribution >= 0.6 is 11.3 Å². The summed E-state index contributed by atoms with van der Waals surface area (Å²) in [5.41, 5.74) is 1.41. The van der Waals surface area contributed by atoms with Crippen molar-refractivity contribution in [2.24, 2.45) is 0 Å². The number of hydrogen-bond acceptors (Lipinski definition) is 8. The van der Waals surface area contributed by atoms with E-state index in [-0.39, 0.29) is 27.1 Å². The van der Waals surface area contributed by atoms with Crippen LogP contribution in [0.4, 0.5) is 5.69 Å². The predicted molar refractivity (Wildman–Crippen MR) is 121 cm³/mol. The maximum absolute atomic E-state index is 12.8. The normalized spacial score (nSPS) is 11.1. The van der Waals surface area contributed by atoms with Crippen molar-refractivity contribution in [3.05, 3.63) is 59.7 Å². The molecule has 0 atom stereocenters. The van der Waals surface area contributed by atoms with Crippen LogP contribution in [0.15, 0.2) is 52.9 Å². The first kappa shape index (κ1) is 23.4. The largest absolute Gasteiger partial charge is 0.428 e. The summed E-state index contributed by atoms with van der Waals surface area (Å²) in [6.45, 7) is 3.90. The molecule has 2 aromatic carbocycles. The summed E-state index contributed by atoms with van der Waals surface area (Å²) in [6.07, 6.45) is 0.828. The van der Waals surface area contributed by atoms with E-state index in [1.807, 2.05) is 6.92 Å². The first-order chi connectivity index (χ1) is 15.3. The van der Waals surface area contributed by atoms with Gasteiger partial charge in [0.2, 0.25) is 20.1 Å². The Labute approximate surface area is 189 Å². The van der Waals surface area contributed by atoms with Crippen molar-refractivity contribution in [3.8, 4) is 10.9 Å². The standard InChI is InChI=1S/C21H22N4O5S2/c1-3-12-22-19(27)16-10-8-15(9-11-16)13-32(28,29)21-25-24-20(31-21)30-18-7-5-4-6-17(18)23-14(2)26/h4-11H,3,12-13H2,1-2H3,(H,22,27)(H,23,26). The molecule has 32 heavy (non-hydrogen) atoms. The molecule has 1 aromatic heterocycles. The van der Waals surface area contributed by atoms with E-state index in [9.17, 15) is 18.0 Å². The van der Waals surface area contributed by atoms with Crippen LogP contribution in [0.2, 0.25) is 0 Å². The lowest BCUT2D eigenvalue weighted by Gasteiger charge is -2.08. The highest BCUT2D eigenvalue weighted by molar-refractivity contribution is 7.92. The van der Waals surface area contributed by atoms with Crippen molar-refractivity contribution in [3.63, 3.8) is 0 Å². The number of nitrogens with zero attached hydrogens (tertiary/aromatic N) is 2. The SMILES string of the molecule is CCCNC(=O)c1ccc(CS(=O)(=O)c2nnc(Oc3ccccc3NC(C)=O)s2)cc1. The van der Waals surface area contributed by atoms with E-state index in [1.165, 1.54) is 6.92 Å². The molecule has 0 aliphatic rings. The Balaban J connectivity index is 1.70. The van der Waals surface area contributed by atoms with Crippen molar-refractivity contribution >= 4 is 38.7 Å². The molecule has 3 aromatic rings. The molecule has 9 nitrogen and oxygen atoms in total. The van der Waals surface area contributed by atoms with Crippen LogP contribution in [-0.2, 0) is 20.4 Å². The Morgan fingerprint density at radius 2 is 1.78 bits per heavy atom. The Kier molecular flexibility index (Phi) is 7.54. The van der Waals surface area contributed by atoms with Gasteiger partial charge >= 0.3 is 5.19 Å². The van der Waals surface area contributed by atoms with Gasteiger partial charge in [0.05, 0.1) is 11.4 Å². The smallest absolute Gasteiger partial charge is 0.300 e. The molecule has 0 bridgehead atoms. The van der Waals surface area contributed by atoms with Gasteiger partial charge in [-0.15, -0.1) is 5.10 Å². The molecule has 0 aliphatic heterocycles. The molecule has 3 rings (SSSR count). The van der Waals surface area contributed by atoms with Gasteiger partial charge in [-0.3, -0.25) is 9.59 Å². The van der Waals surface area contributed by atoms with Crippen molar-refractivity contribution in [2.75, 3.05) is 11.9 Å². The number of para-hydroxylation sites is 2. The quantitative estimate of drug-likeness (QED) is 0.486. The van der Waals surface area contributed by atoms with Gasteiger partial charge in [0.25, 0.3) is 5.91 Å². The second-order valence-corrected chi connectivity index (χ2v) is 9.93. The molecular weight excluding hydrogens is 452 g/mol. The summed E-state index contributed by atoms with van der Waals surface area (Å²) < 4.78 is 31.0. The number of nitrogens with one attached hydrogen (secondary N) is 2. The van der Waals surface area contributed by atoms with Gasteiger partial charge in [0, 0.05) is 19.0 Å². The fourth-order valence-corrected chi connectivity index (χ4v) is 4.94. The molecule has 0 saturated carbocycles. The topological polar surface area (TPSA) is 127 Å². The van der Waals surface area contributed by atoms with Gasteiger partial charge in [-0.2, -0.15) is 0 Å². The highest BCUT2D eigenvalue weighted by atomic mass is 32.2. The fourth-order valence-electron chi connectivity index (χ4n) is 2.68. The number of anilines is 1. The molecule has 168 valence electrons. The average Bonchev–Trinajstić information content (AvgIpc) is 3.23. The summed E-state index contributed by atoms with van der Waals surface area (Å²) in [7, 11) is -3.77. The molecule has 0 saturated heterocycles. The number of benzene rings is 2. The van der Waals surface area contributed by atoms with Gasteiger partial charge in [-0.1, -0.05) is 36.3 Å². The van der Waals surface area contributed by atoms with Crippen LogP contribution in [0.3, 0.4) is 0 Å². The summed E-state index contributed by atoms with van der Waals surface area (Å²) in [4.78, 5) is 23.3. The minimum atomic E-state index is -3.77. The highest BCUT2D eigenvalue weighted by Gasteiger charge is 2.22. The second kappa shape index (κ2) is 10.3. The minimum absolute atomic E-state index is 0.0318. The van der Waals surface area contributed by atoms with Crippen LogP contribution in [0.5, 0.6) is 10.9 Å². The van der Waals surface area contributed by atoms with Crippen LogP contribution in [0.25, 0.3) is 0 Å². The predicted octanol–water partition coefficient (Wildman–Crippen LogP) is 3.40. The summed E-state index contributed by atoms with van der Waals surface area (Å²) in [5, 5.41) is 13.0. The molecule has 2 amide bonds. The highest BCUT2D eigenvalue weighted by Crippen LogP contribution is 2.33. The van der Waals surface area contributed by atoms with Crippen molar-refractivity contribution in [1.29, 1.82) is 0 Å². The lowest BCUT2D eigenvalue weighted by molar-refractivity contribution is -0.114. The van der Waals surface area contributed by atoms with Gasteiger partial charge in [-0.25, -0.2) is 8.42 Å². The molecule has 2 N–H and O–H groups in total. The zero-order valence-electron chi connectivity index (χ0n) is 17.5. The molecular formula is C21H22N4O5S2. The number of carbonyl (C=O) groups excluding carboxylic acids is 2. The number of hydrogen-bond donors (Lipinski definition) is 2. The van der Waals surface area contributed by atoms with Crippen LogP contribution in [0.1, 0.15) is 36.2 Å². The van der Waals surface area contributed by atoms with Gasteiger partial charge in [-0.05, 0) is 47.6 Å². The number of ether oxygens (including phenoxy) is 1. The lowest BCUT2D eigenvalue weighted by atomic mass is 10.1. The minimum Gasteiger partial charge on any atom is -0.428 e. The number of carbonyl (C=O) groups is 2. The van der Waals surface area contributed by atoms with Crippen molar-refractivity contribution in [1.82, 2.24) is 15.5 Å². The Bertz CT molecular complexity index is 1210. The van der Waals surface area contributed by atoms with E-state index in [0.717, 1.165) is 17.8 Å². The summed E-state index contributed by atoms with van der Waals surface area (Å²) >= 11 is 0.789. The first-order valence-electron chi connectivity index (χ1n) is 9.76. The zero-order valence-corrected chi connectivity index (χ0v) is 19.1. The van der Waals surface area contributed by atoms with E-state index in [2.05, 4.69) is 20.8 Å². The monoisotopic (exact) mass is 474 g/mol. The van der Waals surface area contributed by atoms with Gasteiger partial charge in [0.1, 0.15) is 0 Å². The number of amides is 2. The van der Waals surface area contributed by atoms with E-state index in [1.54, 1.807) is 48.5 Å². The maximum atomic E-state index is 12.8. The van der Waals surface area contributed by atoms with E-state index >= 15 is 0 Å². The molecule has 0 fully saturated rings. The second-order valence-electron chi connectivity index (χ2n) is 6.83. The number of rotatable bonds is 9. The van der Waals surface area contributed by atoms with Crippen molar-refractivity contribution < 1.29 is 22.7 Å². The Hall–Kier alpha value is -3.31. The van der Waals surface area contributed by atoms with Gasteiger partial charge in [0.15, 0.2) is 5.75 Å². The van der Waals surface area contributed by atoms with Crippen LogP contribution in [0, 0.1) is 0 Å². The summed E-state index contributed by atoms with van der Waals surface area (Å²) in [5.74, 6) is -0.442. The van der Waals surface area contributed by atoms with Crippen LogP contribution in [-0.4, -0.2) is 37.0 Å². The third-order valence-electron chi connectivity index (χ3n) is 4.16. The Morgan fingerprint density at radius 3 is 2.47 bits per heavy atom. The molecule has 1 heterocycles. The third kappa shape index (κ3) is 6.11. The number of sulfone groups is 1. The number of aromatic nitrogens is 2. The van der Waals surface area contributed by atoms with Crippen LogP contribution < -0.4 is 15.4 Å². The van der Waals surface area contributed by atoms with E-state index in [0.29, 0.717) is 29.1 Å². The molecule has 0 unspecified atom stereocenters. The average molecular weight is 475 g/mol. The van der Waals surface area contributed by atoms with Crippen molar-refractivity contribution in [2.45, 2.75) is 30.4 Å². The molecule has 0 radical (unpaired) electrons. The zero-order chi connectivity index (χ0) is 23.1. The molecule has 0 aliphatic carbocycles. The molecule has 11 heteroatoms.